The van der Waals surface area contributed by atoms with E-state index in [1.54, 1.807) is 0 Å². The van der Waals surface area contributed by atoms with E-state index in [4.69, 9.17) is 93.6 Å². The molecule has 0 aromatic heterocycles. The monoisotopic (exact) mass is 1970 g/mol. The molecule has 1 unspecified atom stereocenters. The van der Waals surface area contributed by atoms with E-state index in [0.717, 1.165) is 13.8 Å². The molecule has 127 heavy (non-hydrogen) atoms. The molecule has 59 nitrogen and oxygen atoms in total. The fraction of sp³-hybridized carbons (Fsp3) is 0.823. The van der Waals surface area contributed by atoms with E-state index in [1.807, 2.05) is 0 Å². The molecule has 29 atom stereocenters. The summed E-state index contributed by atoms with van der Waals surface area (Å²) in [6.07, 6.45) is -78.5. The first-order valence-corrected chi connectivity index (χ1v) is 45.8. The highest BCUT2D eigenvalue weighted by Gasteiger charge is 2.65. The van der Waals surface area contributed by atoms with Crippen LogP contribution in [0, 0.1) is 0 Å². The Morgan fingerprint density at radius 3 is 0.976 bits per heavy atom. The second kappa shape index (κ2) is 46.8. The highest BCUT2D eigenvalue weighted by molar-refractivity contribution is 7.84. The maximum atomic E-state index is 14.1. The van der Waals surface area contributed by atoms with E-state index < -0.39 is 364 Å². The van der Waals surface area contributed by atoms with E-state index in [2.05, 4.69) is 17.9 Å². The molecule has 0 spiro atoms. The molecule has 6 saturated heterocycles. The molecule has 0 saturated carbocycles. The van der Waals surface area contributed by atoms with Crippen LogP contribution in [0.2, 0.25) is 0 Å². The lowest BCUT2D eigenvalue weighted by Crippen LogP contribution is -2.72. The number of carbonyl (C=O) groups is 11. The smallest absolute Gasteiger partial charge is 0.397 e. The molecular weight excluding hydrogens is 1880 g/mol. The topological polar surface area (TPSA) is 851 Å². The molecule has 13 N–H and O–H groups in total. The molecule has 6 aliphatic rings. The molecule has 0 radical (unpaired) electrons. The maximum Gasteiger partial charge on any atom is 0.397 e. The van der Waals surface area contributed by atoms with Crippen molar-refractivity contribution in [3.63, 3.8) is 0 Å². The zero-order valence-corrected chi connectivity index (χ0v) is 72.2. The number of nitrogens with one attached hydrogen (secondary N) is 2. The van der Waals surface area contributed by atoms with Crippen LogP contribution in [-0.4, -0.2) is 373 Å². The summed E-state index contributed by atoms with van der Waals surface area (Å²) in [5.41, 5.74) is 0. The lowest BCUT2D eigenvalue weighted by molar-refractivity contribution is -0.375. The van der Waals surface area contributed by atoms with Crippen LogP contribution in [-0.2, 0) is 221 Å². The summed E-state index contributed by atoms with van der Waals surface area (Å²) in [6.45, 7) is 2.46. The summed E-state index contributed by atoms with van der Waals surface area (Å²) in [6, 6.07) is -5.79. The van der Waals surface area contributed by atoms with Gasteiger partial charge in [0.15, 0.2) is 98.6 Å². The highest BCUT2D eigenvalue weighted by atomic mass is 32.3. The molecule has 6 heterocycles. The molecule has 0 aromatic rings. The van der Waals surface area contributed by atoms with Crippen molar-refractivity contribution in [2.24, 2.45) is 0 Å². The number of rotatable bonds is 47. The summed E-state index contributed by atoms with van der Waals surface area (Å²) < 4.78 is 343. The van der Waals surface area contributed by atoms with Gasteiger partial charge in [-0.3, -0.25) is 65.7 Å². The Morgan fingerprint density at radius 1 is 0.323 bits per heavy atom. The largest absolute Gasteiger partial charge is 0.479 e. The van der Waals surface area contributed by atoms with Gasteiger partial charge in [-0.15, -0.1) is 0 Å². The maximum absolute atomic E-state index is 14.1. The molecule has 0 bridgehead atoms. The van der Waals surface area contributed by atoms with Crippen molar-refractivity contribution < 1.29 is 262 Å². The Hall–Kier alpha value is -7.13. The van der Waals surface area contributed by atoms with E-state index in [1.165, 1.54) is 39.3 Å². The number of aliphatic hydroxyl groups excluding tert-OH is 2. The van der Waals surface area contributed by atoms with Crippen LogP contribution in [0.4, 0.5) is 0 Å². The normalized spacial score (nSPS) is 33.3. The minimum absolute atomic E-state index is 0.0220. The standard InChI is InChI=1S/C62H94N2O57S6/c1-9-14-30(69)107-38-26(19-65)104-27(20-99-123(84,85)86)39(38)112-62-54(121-127(96,97)98)49(111-34(73)18-13-5)47(51(119-62)57(79)80)117-59-36(64-122(81,82)83)43(120-126(93,94)95)41(29(106-59)22-101-125(90,91)92)114-61-53(103-25(8)68)48(110-33(72)17-12-4)46(50(118-61)56(77)78)116-58-35(63-23(6)66)42(108-31(70)15-10-2)40(28(105-58)21-100-124(87,88)89)113-60-52(102-24(7)67)44(109-32(71)16-11-3)37(74)45(115-60)55(75)76/h26-29,35-54,58-62,64-65,74H,9-22H2,1-8H3,(H,63,66)(H,75,76)(H,77,78)(H,79,80)(H,81,82,83)(H,84,85,86)(H,87,88,89)(H,90,91,92)(H,93,94,95)(H,96,97,98)/t26-,27-,28-,29-,35-,36-,37+,38-,39-,40-,41-,42-,43+,44+,45-,46+,47+,48+,49+,50+,51?,52-,53-,54-,58-,59-,60-,61-,62-/m1/s1. The predicted octanol–water partition coefficient (Wildman–Crippen LogP) is -6.57. The minimum Gasteiger partial charge on any atom is -0.479 e. The fourth-order valence-corrected chi connectivity index (χ4v) is 15.9. The van der Waals surface area contributed by atoms with Gasteiger partial charge in [-0.2, -0.15) is 55.2 Å². The van der Waals surface area contributed by atoms with Gasteiger partial charge in [0.05, 0.1) is 26.4 Å². The Labute approximate surface area is 720 Å². The third kappa shape index (κ3) is 32.7. The molecule has 6 rings (SSSR count). The van der Waals surface area contributed by atoms with Crippen molar-refractivity contribution in [1.29, 1.82) is 0 Å². The van der Waals surface area contributed by atoms with Crippen LogP contribution in [0.5, 0.6) is 0 Å². The Kier molecular flexibility index (Phi) is 40.0. The second-order valence-electron chi connectivity index (χ2n) is 27.9. The van der Waals surface area contributed by atoms with Gasteiger partial charge in [0.25, 0.3) is 0 Å². The van der Waals surface area contributed by atoms with Crippen molar-refractivity contribution in [1.82, 2.24) is 10.0 Å². The van der Waals surface area contributed by atoms with Gasteiger partial charge in [-0.1, -0.05) is 34.6 Å². The van der Waals surface area contributed by atoms with Gasteiger partial charge in [0.1, 0.15) is 79.2 Å². The first-order valence-electron chi connectivity index (χ1n) is 37.5. The van der Waals surface area contributed by atoms with Gasteiger partial charge in [-0.05, 0) is 32.1 Å². The van der Waals surface area contributed by atoms with Gasteiger partial charge in [0, 0.05) is 52.9 Å². The number of hydrogen-bond acceptors (Lipinski definition) is 48. The summed E-state index contributed by atoms with van der Waals surface area (Å²) in [7, 11) is -36.4. The van der Waals surface area contributed by atoms with Crippen molar-refractivity contribution in [3.05, 3.63) is 0 Å². The number of hydrogen-bond donors (Lipinski definition) is 13. The average Bonchev–Trinajstić information content (AvgIpc) is 1.39. The number of ether oxygens (including phenoxy) is 18. The zero-order chi connectivity index (χ0) is 95.7. The number of esters is 7. The van der Waals surface area contributed by atoms with Gasteiger partial charge >= 0.3 is 122 Å². The molecule has 0 aromatic carbocycles. The molecule has 1 amide bonds. The molecular formula is C62H94N2O57S6. The molecule has 0 aliphatic carbocycles. The van der Waals surface area contributed by atoms with E-state index >= 15 is 0 Å². The summed E-state index contributed by atoms with van der Waals surface area (Å²) in [4.78, 5) is 149. The summed E-state index contributed by atoms with van der Waals surface area (Å²) in [5, 5.41) is 56.6. The SMILES string of the molecule is CCCC(=O)O[C@@H]1[C@@H](OC(C)=O)[C@H](O[C@H]2[C@@H](OS(=O)(=O)O)[C@@H](NS(=O)(=O)O)[C@@H](O[C@@H]3C(C(=O)O)O[C@@H](O[C@H]4[C@H](OC(=O)CCC)[C@@H](CO)O[C@@H]4COS(=O)(=O)O)[C@H](OS(=O)(=O)O)[C@H]3OC(=O)CCC)O[C@@H]2COS(=O)(=O)O)O[C@H](C(=O)O)[C@H]1O[C@H]1O[C@H](COS(=O)(=O)O)[C@@H](O[C@@H]2O[C@@H](C(=O)O)[C@@H](O)[C@H](OC(=O)CCC)[C@H]2OC(C)=O)[C@H](OC(=O)CCC)[C@H]1NC(C)=O. The van der Waals surface area contributed by atoms with Gasteiger partial charge in [-0.25, -0.2) is 35.3 Å². The molecule has 730 valence electrons. The molecule has 6 aliphatic heterocycles. The van der Waals surface area contributed by atoms with E-state index in [-0.39, 0.29) is 32.1 Å². The van der Waals surface area contributed by atoms with Crippen molar-refractivity contribution in [2.45, 2.75) is 297 Å². The molecule has 6 fully saturated rings. The van der Waals surface area contributed by atoms with Crippen LogP contribution < -0.4 is 10.0 Å². The lowest BCUT2D eigenvalue weighted by atomic mass is 9.93. The highest BCUT2D eigenvalue weighted by Crippen LogP contribution is 2.43. The third-order valence-corrected chi connectivity index (χ3v) is 20.9. The number of carbonyl (C=O) groups excluding carboxylic acids is 8. The average molecular weight is 1970 g/mol. The Morgan fingerprint density at radius 2 is 0.630 bits per heavy atom. The number of amides is 1. The summed E-state index contributed by atoms with van der Waals surface area (Å²) >= 11 is 0. The van der Waals surface area contributed by atoms with Crippen molar-refractivity contribution >= 4 is 128 Å². The van der Waals surface area contributed by atoms with Gasteiger partial charge in [0.2, 0.25) is 5.91 Å². The quantitative estimate of drug-likeness (QED) is 0.0153. The number of aliphatic hydroxyl groups is 2. The fourth-order valence-electron chi connectivity index (χ4n) is 13.4. The van der Waals surface area contributed by atoms with Crippen molar-refractivity contribution in [2.75, 3.05) is 26.4 Å². The van der Waals surface area contributed by atoms with Crippen molar-refractivity contribution in [3.8, 4) is 0 Å². The predicted molar refractivity (Wildman–Crippen MR) is 389 cm³/mol. The van der Waals surface area contributed by atoms with Crippen LogP contribution in [0.3, 0.4) is 0 Å². The number of carboxylic acids is 3. The lowest BCUT2D eigenvalue weighted by Gasteiger charge is -2.51. The van der Waals surface area contributed by atoms with Crippen LogP contribution in [0.15, 0.2) is 0 Å². The second-order valence-corrected chi connectivity index (χ2v) is 34.4. The summed E-state index contributed by atoms with van der Waals surface area (Å²) in [5.74, 6) is -18.0. The Bertz CT molecular complexity index is 4560. The Balaban J connectivity index is 1.60. The zero-order valence-electron chi connectivity index (χ0n) is 67.3. The van der Waals surface area contributed by atoms with Gasteiger partial charge < -0.3 is 116 Å². The molecule has 65 heteroatoms. The van der Waals surface area contributed by atoms with Crippen LogP contribution >= 0.6 is 0 Å². The number of aliphatic carboxylic acids is 3. The van der Waals surface area contributed by atoms with E-state index in [9.17, 15) is 156 Å². The first-order chi connectivity index (χ1) is 58.8. The van der Waals surface area contributed by atoms with E-state index in [0.29, 0.717) is 6.92 Å². The first kappa shape index (κ1) is 109. The number of carboxylic acid groups (broad SMARTS) is 3. The van der Waals surface area contributed by atoms with Crippen LogP contribution in [0.25, 0.3) is 0 Å². The third-order valence-electron chi connectivity index (χ3n) is 18.1. The van der Waals surface area contributed by atoms with Crippen LogP contribution in [0.1, 0.15) is 120 Å². The minimum atomic E-state index is -6.53.